The van der Waals surface area contributed by atoms with Gasteiger partial charge in [0.25, 0.3) is 5.91 Å². The van der Waals surface area contributed by atoms with Gasteiger partial charge >= 0.3 is 6.18 Å². The quantitative estimate of drug-likeness (QED) is 0.394. The largest absolute Gasteiger partial charge is 0.483 e. The molecule has 1 amide bonds. The summed E-state index contributed by atoms with van der Waals surface area (Å²) in [5.74, 6) is -1.06. The monoisotopic (exact) mass is 382 g/mol. The third-order valence-corrected chi connectivity index (χ3v) is 3.70. The van der Waals surface area contributed by atoms with Crippen LogP contribution in [0.3, 0.4) is 0 Å². The zero-order chi connectivity index (χ0) is 19.8. The molecule has 0 spiro atoms. The van der Waals surface area contributed by atoms with E-state index in [1.807, 2.05) is 0 Å². The number of halogens is 3. The minimum Gasteiger partial charge on any atom is -0.483 e. The van der Waals surface area contributed by atoms with Crippen LogP contribution in [0.25, 0.3) is 10.9 Å². The van der Waals surface area contributed by atoms with Gasteiger partial charge in [-0.2, -0.15) is 18.4 Å². The molecule has 13 heteroatoms. The number of nitrogens with zero attached hydrogens (tertiary/aromatic N) is 4. The van der Waals surface area contributed by atoms with Gasteiger partial charge in [-0.3, -0.25) is 15.1 Å². The first-order valence-corrected chi connectivity index (χ1v) is 7.38. The van der Waals surface area contributed by atoms with E-state index in [0.29, 0.717) is 0 Å². The Morgan fingerprint density at radius 3 is 2.74 bits per heavy atom. The van der Waals surface area contributed by atoms with Gasteiger partial charge in [0, 0.05) is 12.4 Å². The summed E-state index contributed by atoms with van der Waals surface area (Å²) in [6, 6.07) is 3.02. The fraction of sp³-hybridized carbons (Fsp3) is 0.214. The van der Waals surface area contributed by atoms with Gasteiger partial charge in [-0.25, -0.2) is 0 Å². The van der Waals surface area contributed by atoms with E-state index in [4.69, 9.17) is 15.9 Å². The van der Waals surface area contributed by atoms with Crippen molar-refractivity contribution in [1.82, 2.24) is 30.5 Å². The molecular formula is C14H13F3N8O2. The molecule has 0 radical (unpaired) electrons. The maximum Gasteiger partial charge on any atom is 0.417 e. The highest BCUT2D eigenvalue weighted by Crippen LogP contribution is 2.38. The van der Waals surface area contributed by atoms with E-state index >= 15 is 0 Å². The summed E-state index contributed by atoms with van der Waals surface area (Å²) in [4.78, 5) is 15.7. The normalized spacial score (nSPS) is 11.6. The predicted octanol–water partition coefficient (Wildman–Crippen LogP) is 1.24. The molecule has 3 rings (SSSR count). The summed E-state index contributed by atoms with van der Waals surface area (Å²) in [6.07, 6.45) is -4.64. The molecule has 0 aliphatic carbocycles. The molecule has 0 atom stereocenters. The van der Waals surface area contributed by atoms with Crippen LogP contribution in [-0.4, -0.2) is 49.4 Å². The highest BCUT2D eigenvalue weighted by atomic mass is 19.4. The first-order chi connectivity index (χ1) is 12.7. The number of tetrazole rings is 1. The van der Waals surface area contributed by atoms with Crippen molar-refractivity contribution in [3.8, 4) is 5.75 Å². The number of carbonyl (C=O) groups is 1. The molecule has 2 aromatic heterocycles. The van der Waals surface area contributed by atoms with Crippen LogP contribution in [0.2, 0.25) is 0 Å². The lowest BCUT2D eigenvalue weighted by Gasteiger charge is -2.12. The molecule has 0 saturated carbocycles. The summed E-state index contributed by atoms with van der Waals surface area (Å²) >= 11 is 0. The lowest BCUT2D eigenvalue weighted by Crippen LogP contribution is -2.38. The maximum absolute atomic E-state index is 13.3. The number of carbonyl (C=O) groups excluding carboxylic acids is 1. The molecule has 0 saturated heterocycles. The Morgan fingerprint density at radius 2 is 2.15 bits per heavy atom. The molecule has 0 bridgehead atoms. The lowest BCUT2D eigenvalue weighted by molar-refractivity contribution is -0.136. The van der Waals surface area contributed by atoms with E-state index < -0.39 is 23.6 Å². The number of aromatic amines is 2. The molecule has 0 unspecified atom stereocenters. The van der Waals surface area contributed by atoms with Crippen LogP contribution in [0.5, 0.6) is 5.75 Å². The summed E-state index contributed by atoms with van der Waals surface area (Å²) in [5.41, 5.74) is 4.10. The highest BCUT2D eigenvalue weighted by molar-refractivity contribution is 6.06. The average Bonchev–Trinajstić information content (AvgIpc) is 3.26. The number of amides is 1. The number of fused-ring (bicyclic) bond motifs is 1. The third kappa shape index (κ3) is 3.51. The zero-order valence-corrected chi connectivity index (χ0v) is 13.8. The fourth-order valence-electron chi connectivity index (χ4n) is 2.35. The second-order valence-electron chi connectivity index (χ2n) is 5.45. The van der Waals surface area contributed by atoms with Crippen LogP contribution in [0, 0.1) is 5.41 Å². The summed E-state index contributed by atoms with van der Waals surface area (Å²) in [6.45, 7) is -0.146. The number of nitrogens with two attached hydrogens (primary N) is 1. The van der Waals surface area contributed by atoms with Crippen molar-refractivity contribution in [2.24, 2.45) is 5.73 Å². The first-order valence-electron chi connectivity index (χ1n) is 7.38. The van der Waals surface area contributed by atoms with Crippen LogP contribution < -0.4 is 10.5 Å². The Morgan fingerprint density at radius 1 is 1.41 bits per heavy atom. The molecule has 1 aromatic carbocycles. The van der Waals surface area contributed by atoms with E-state index in [-0.39, 0.29) is 34.8 Å². The minimum absolute atomic E-state index is 0.0337. The van der Waals surface area contributed by atoms with Gasteiger partial charge < -0.3 is 15.5 Å². The van der Waals surface area contributed by atoms with Gasteiger partial charge in [-0.1, -0.05) is 5.21 Å². The van der Waals surface area contributed by atoms with Gasteiger partial charge in [0.05, 0.1) is 11.1 Å². The molecule has 5 N–H and O–H groups in total. The van der Waals surface area contributed by atoms with E-state index in [1.165, 1.54) is 7.05 Å². The van der Waals surface area contributed by atoms with Gasteiger partial charge in [0.2, 0.25) is 5.82 Å². The van der Waals surface area contributed by atoms with E-state index in [1.54, 1.807) is 0 Å². The lowest BCUT2D eigenvalue weighted by atomic mass is 10.1. The molecule has 0 aliphatic heterocycles. The summed E-state index contributed by atoms with van der Waals surface area (Å²) in [5, 5.41) is 20.0. The molecule has 142 valence electrons. The van der Waals surface area contributed by atoms with Crippen LogP contribution in [0.4, 0.5) is 13.2 Å². The number of ether oxygens (including phenoxy) is 1. The maximum atomic E-state index is 13.3. The van der Waals surface area contributed by atoms with Crippen molar-refractivity contribution in [2.45, 2.75) is 12.8 Å². The second-order valence-corrected chi connectivity index (χ2v) is 5.45. The molecule has 3 aromatic rings. The Balaban J connectivity index is 2.06. The molecule has 0 aliphatic rings. The first kappa shape index (κ1) is 18.2. The number of rotatable bonds is 4. The van der Waals surface area contributed by atoms with Crippen LogP contribution in [0.1, 0.15) is 21.9 Å². The SMILES string of the molecule is CN(C(=N)N)C(=O)c1cc2c(C(F)(F)F)ccc(OCc3nn[nH]n3)c2[nH]1. The van der Waals surface area contributed by atoms with Gasteiger partial charge in [0.1, 0.15) is 11.4 Å². The van der Waals surface area contributed by atoms with Crippen LogP contribution >= 0.6 is 0 Å². The minimum atomic E-state index is -4.64. The number of H-pyrrole nitrogens is 2. The molecule has 2 heterocycles. The molecular weight excluding hydrogens is 369 g/mol. The molecule has 0 fully saturated rings. The number of nitrogens with one attached hydrogen (secondary N) is 3. The number of alkyl halides is 3. The zero-order valence-electron chi connectivity index (χ0n) is 13.8. The Labute approximate surface area is 149 Å². The number of hydrogen-bond acceptors (Lipinski definition) is 6. The Bertz CT molecular complexity index is 996. The third-order valence-electron chi connectivity index (χ3n) is 3.70. The Kier molecular flexibility index (Phi) is 4.43. The van der Waals surface area contributed by atoms with Crippen molar-refractivity contribution in [3.05, 3.63) is 35.3 Å². The highest BCUT2D eigenvalue weighted by Gasteiger charge is 2.34. The number of hydrogen-bond donors (Lipinski definition) is 4. The standard InChI is InChI=1S/C14H13F3N8O2/c1-25(13(18)19)12(26)8-4-6-7(14(15,16)17)2-3-9(11(6)20-8)27-5-10-21-23-24-22-10/h2-4,20H,5H2,1H3,(H3,18,19)(H,21,22,23,24). The van der Waals surface area contributed by atoms with Gasteiger partial charge in [-0.15, -0.1) is 10.2 Å². The van der Waals surface area contributed by atoms with Crippen molar-refractivity contribution in [1.29, 1.82) is 5.41 Å². The van der Waals surface area contributed by atoms with Crippen molar-refractivity contribution in [2.75, 3.05) is 7.05 Å². The summed E-state index contributed by atoms with van der Waals surface area (Å²) in [7, 11) is 1.23. The fourth-order valence-corrected chi connectivity index (χ4v) is 2.35. The van der Waals surface area contributed by atoms with Crippen LogP contribution in [0.15, 0.2) is 18.2 Å². The second kappa shape index (κ2) is 6.59. The average molecular weight is 382 g/mol. The van der Waals surface area contributed by atoms with Gasteiger partial charge in [-0.05, 0) is 18.2 Å². The number of aromatic nitrogens is 5. The van der Waals surface area contributed by atoms with Crippen molar-refractivity contribution < 1.29 is 22.7 Å². The van der Waals surface area contributed by atoms with Crippen LogP contribution in [-0.2, 0) is 12.8 Å². The van der Waals surface area contributed by atoms with E-state index in [0.717, 1.165) is 23.1 Å². The van der Waals surface area contributed by atoms with Crippen molar-refractivity contribution >= 4 is 22.8 Å². The van der Waals surface area contributed by atoms with E-state index in [2.05, 4.69) is 25.6 Å². The van der Waals surface area contributed by atoms with E-state index in [9.17, 15) is 18.0 Å². The topological polar surface area (TPSA) is 150 Å². The number of guanidine groups is 1. The summed E-state index contributed by atoms with van der Waals surface area (Å²) < 4.78 is 45.4. The Hall–Kier alpha value is -3.64. The van der Waals surface area contributed by atoms with Crippen molar-refractivity contribution in [3.63, 3.8) is 0 Å². The predicted molar refractivity (Wildman–Crippen MR) is 85.8 cm³/mol. The van der Waals surface area contributed by atoms with Gasteiger partial charge in [0.15, 0.2) is 12.6 Å². The smallest absolute Gasteiger partial charge is 0.417 e. The number of benzene rings is 1. The molecule has 10 nitrogen and oxygen atoms in total. The molecule has 27 heavy (non-hydrogen) atoms.